The lowest BCUT2D eigenvalue weighted by molar-refractivity contribution is 0.568. The summed E-state index contributed by atoms with van der Waals surface area (Å²) in [6, 6.07) is 2.22. The smallest absolute Gasteiger partial charge is 0.0955 e. The van der Waals surface area contributed by atoms with E-state index in [1.54, 1.807) is 6.08 Å². The first-order valence-corrected chi connectivity index (χ1v) is 4.09. The van der Waals surface area contributed by atoms with Crippen LogP contribution in [-0.4, -0.2) is 12.6 Å². The zero-order valence-corrected chi connectivity index (χ0v) is 7.14. The molecular formula is C9H16N2. The normalized spacial score (nSPS) is 12.0. The van der Waals surface area contributed by atoms with Gasteiger partial charge in [0, 0.05) is 6.54 Å². The number of hydrogen-bond donors (Lipinski definition) is 1. The first kappa shape index (κ1) is 10.2. The van der Waals surface area contributed by atoms with Crippen molar-refractivity contribution in [2.45, 2.75) is 32.2 Å². The lowest BCUT2D eigenvalue weighted by Crippen LogP contribution is -2.27. The van der Waals surface area contributed by atoms with E-state index >= 15 is 0 Å². The molecule has 0 bridgehead atoms. The van der Waals surface area contributed by atoms with Gasteiger partial charge in [0.1, 0.15) is 0 Å². The Morgan fingerprint density at radius 3 is 2.91 bits per heavy atom. The first-order chi connectivity index (χ1) is 5.35. The van der Waals surface area contributed by atoms with Gasteiger partial charge in [-0.2, -0.15) is 5.26 Å². The fraction of sp³-hybridized carbons (Fsp3) is 0.667. The van der Waals surface area contributed by atoms with Crippen molar-refractivity contribution >= 4 is 0 Å². The SMILES string of the molecule is C=CCNC(C#N)CCCC. The van der Waals surface area contributed by atoms with E-state index in [9.17, 15) is 0 Å². The van der Waals surface area contributed by atoms with Crippen LogP contribution in [0.25, 0.3) is 0 Å². The molecule has 11 heavy (non-hydrogen) atoms. The van der Waals surface area contributed by atoms with E-state index in [0.717, 1.165) is 25.8 Å². The molecule has 0 heterocycles. The van der Waals surface area contributed by atoms with Crippen molar-refractivity contribution in [1.29, 1.82) is 5.26 Å². The second-order valence-electron chi connectivity index (χ2n) is 2.52. The highest BCUT2D eigenvalue weighted by molar-refractivity contribution is 4.91. The van der Waals surface area contributed by atoms with Gasteiger partial charge in [-0.05, 0) is 6.42 Å². The molecule has 0 saturated carbocycles. The fourth-order valence-electron chi connectivity index (χ4n) is 0.846. The van der Waals surface area contributed by atoms with Gasteiger partial charge in [0.05, 0.1) is 12.1 Å². The van der Waals surface area contributed by atoms with Crippen molar-refractivity contribution < 1.29 is 0 Å². The van der Waals surface area contributed by atoms with Crippen LogP contribution in [0.2, 0.25) is 0 Å². The quantitative estimate of drug-likeness (QED) is 0.589. The van der Waals surface area contributed by atoms with Crippen molar-refractivity contribution in [3.63, 3.8) is 0 Å². The van der Waals surface area contributed by atoms with Gasteiger partial charge >= 0.3 is 0 Å². The number of nitrogens with one attached hydrogen (secondary N) is 1. The molecule has 0 aliphatic rings. The van der Waals surface area contributed by atoms with Crippen LogP contribution < -0.4 is 5.32 Å². The van der Waals surface area contributed by atoms with E-state index in [1.807, 2.05) is 0 Å². The van der Waals surface area contributed by atoms with Gasteiger partial charge in [-0.1, -0.05) is 25.8 Å². The molecule has 0 aromatic heterocycles. The Morgan fingerprint density at radius 1 is 1.73 bits per heavy atom. The predicted octanol–water partition coefficient (Wildman–Crippen LogP) is 1.84. The van der Waals surface area contributed by atoms with Crippen molar-refractivity contribution in [3.8, 4) is 6.07 Å². The molecule has 0 rings (SSSR count). The Bertz CT molecular complexity index is 135. The van der Waals surface area contributed by atoms with Gasteiger partial charge < -0.3 is 0 Å². The molecule has 0 radical (unpaired) electrons. The van der Waals surface area contributed by atoms with Crippen LogP contribution >= 0.6 is 0 Å². The summed E-state index contributed by atoms with van der Waals surface area (Å²) in [5.74, 6) is 0. The number of nitrogens with zero attached hydrogens (tertiary/aromatic N) is 1. The van der Waals surface area contributed by atoms with Crippen LogP contribution in [0.1, 0.15) is 26.2 Å². The summed E-state index contributed by atoms with van der Waals surface area (Å²) in [7, 11) is 0. The molecule has 2 nitrogen and oxygen atoms in total. The Morgan fingerprint density at radius 2 is 2.45 bits per heavy atom. The third-order valence-corrected chi connectivity index (χ3v) is 1.51. The van der Waals surface area contributed by atoms with Crippen molar-refractivity contribution in [2.24, 2.45) is 0 Å². The highest BCUT2D eigenvalue weighted by Gasteiger charge is 2.02. The molecule has 1 unspecified atom stereocenters. The van der Waals surface area contributed by atoms with E-state index in [-0.39, 0.29) is 6.04 Å². The molecule has 2 heteroatoms. The van der Waals surface area contributed by atoms with E-state index in [2.05, 4.69) is 24.9 Å². The van der Waals surface area contributed by atoms with Crippen LogP contribution in [-0.2, 0) is 0 Å². The molecule has 0 aliphatic carbocycles. The number of hydrogen-bond acceptors (Lipinski definition) is 2. The van der Waals surface area contributed by atoms with Gasteiger partial charge in [-0.25, -0.2) is 0 Å². The average Bonchev–Trinajstić information content (AvgIpc) is 2.05. The third kappa shape index (κ3) is 5.63. The minimum atomic E-state index is 0.00736. The van der Waals surface area contributed by atoms with E-state index < -0.39 is 0 Å². The monoisotopic (exact) mass is 152 g/mol. The van der Waals surface area contributed by atoms with E-state index in [1.165, 1.54) is 0 Å². The van der Waals surface area contributed by atoms with E-state index in [0.29, 0.717) is 0 Å². The maximum Gasteiger partial charge on any atom is 0.0955 e. The number of rotatable bonds is 6. The second-order valence-corrected chi connectivity index (χ2v) is 2.52. The van der Waals surface area contributed by atoms with Gasteiger partial charge in [-0.3, -0.25) is 5.32 Å². The predicted molar refractivity (Wildman–Crippen MR) is 47.1 cm³/mol. The van der Waals surface area contributed by atoms with Gasteiger partial charge in [-0.15, -0.1) is 6.58 Å². The van der Waals surface area contributed by atoms with Gasteiger partial charge in [0.25, 0.3) is 0 Å². The molecule has 0 saturated heterocycles. The summed E-state index contributed by atoms with van der Waals surface area (Å²) in [5.41, 5.74) is 0. The minimum absolute atomic E-state index is 0.00736. The number of nitriles is 1. The van der Waals surface area contributed by atoms with Crippen molar-refractivity contribution in [1.82, 2.24) is 5.32 Å². The molecule has 0 amide bonds. The van der Waals surface area contributed by atoms with Crippen LogP contribution in [0.4, 0.5) is 0 Å². The van der Waals surface area contributed by atoms with Crippen molar-refractivity contribution in [3.05, 3.63) is 12.7 Å². The van der Waals surface area contributed by atoms with Gasteiger partial charge in [0.2, 0.25) is 0 Å². The average molecular weight is 152 g/mol. The zero-order valence-electron chi connectivity index (χ0n) is 7.14. The minimum Gasteiger partial charge on any atom is -0.298 e. The molecule has 0 aromatic rings. The Labute approximate surface area is 68.9 Å². The summed E-state index contributed by atoms with van der Waals surface area (Å²) >= 11 is 0. The summed E-state index contributed by atoms with van der Waals surface area (Å²) in [6.07, 6.45) is 4.98. The van der Waals surface area contributed by atoms with Crippen LogP contribution in [0, 0.1) is 11.3 Å². The fourth-order valence-corrected chi connectivity index (χ4v) is 0.846. The molecule has 0 aromatic carbocycles. The Kier molecular flexibility index (Phi) is 6.76. The highest BCUT2D eigenvalue weighted by atomic mass is 14.9. The van der Waals surface area contributed by atoms with Gasteiger partial charge in [0.15, 0.2) is 0 Å². The summed E-state index contributed by atoms with van der Waals surface area (Å²) in [4.78, 5) is 0. The molecular weight excluding hydrogens is 136 g/mol. The number of unbranched alkanes of at least 4 members (excludes halogenated alkanes) is 1. The second kappa shape index (κ2) is 7.30. The third-order valence-electron chi connectivity index (χ3n) is 1.51. The molecule has 0 fully saturated rings. The largest absolute Gasteiger partial charge is 0.298 e. The maximum absolute atomic E-state index is 8.63. The van der Waals surface area contributed by atoms with E-state index in [4.69, 9.17) is 5.26 Å². The molecule has 1 atom stereocenters. The molecule has 62 valence electrons. The van der Waals surface area contributed by atoms with Crippen LogP contribution in [0.5, 0.6) is 0 Å². The maximum atomic E-state index is 8.63. The molecule has 0 spiro atoms. The van der Waals surface area contributed by atoms with Crippen LogP contribution in [0.15, 0.2) is 12.7 Å². The molecule has 1 N–H and O–H groups in total. The Balaban J connectivity index is 3.43. The highest BCUT2D eigenvalue weighted by Crippen LogP contribution is 1.98. The summed E-state index contributed by atoms with van der Waals surface area (Å²) in [5, 5.41) is 11.7. The lowest BCUT2D eigenvalue weighted by Gasteiger charge is -2.07. The molecule has 0 aliphatic heterocycles. The standard InChI is InChI=1S/C9H16N2/c1-3-5-6-9(8-10)11-7-4-2/h4,9,11H,2-3,5-7H2,1H3. The van der Waals surface area contributed by atoms with Crippen molar-refractivity contribution in [2.75, 3.05) is 6.54 Å². The lowest BCUT2D eigenvalue weighted by atomic mass is 10.1. The Hall–Kier alpha value is -0.810. The van der Waals surface area contributed by atoms with Crippen LogP contribution in [0.3, 0.4) is 0 Å². The summed E-state index contributed by atoms with van der Waals surface area (Å²) in [6.45, 7) is 6.43. The first-order valence-electron chi connectivity index (χ1n) is 4.09. The zero-order chi connectivity index (χ0) is 8.53. The summed E-state index contributed by atoms with van der Waals surface area (Å²) < 4.78 is 0. The topological polar surface area (TPSA) is 35.8 Å².